The summed E-state index contributed by atoms with van der Waals surface area (Å²) in [6.07, 6.45) is 8.10. The smallest absolute Gasteiger partial charge is 0.321 e. The quantitative estimate of drug-likeness (QED) is 0.287. The van der Waals surface area contributed by atoms with Crippen LogP contribution in [-0.2, 0) is 4.79 Å². The molecule has 6 nitrogen and oxygen atoms in total. The maximum Gasteiger partial charge on any atom is 0.321 e. The predicted octanol–water partition coefficient (Wildman–Crippen LogP) is 6.06. The third kappa shape index (κ3) is 9.12. The van der Waals surface area contributed by atoms with Crippen LogP contribution in [0.5, 0.6) is 0 Å². The second kappa shape index (κ2) is 14.2. The lowest BCUT2D eigenvalue weighted by atomic mass is 10.0. The van der Waals surface area contributed by atoms with E-state index in [1.54, 1.807) is 35.2 Å². The van der Waals surface area contributed by atoms with E-state index in [1.807, 2.05) is 13.1 Å². The van der Waals surface area contributed by atoms with E-state index in [0.717, 1.165) is 57.3 Å². The van der Waals surface area contributed by atoms with Gasteiger partial charge in [0.1, 0.15) is 5.82 Å². The second-order valence-electron chi connectivity index (χ2n) is 8.98. The first-order valence-electron chi connectivity index (χ1n) is 12.2. The van der Waals surface area contributed by atoms with Gasteiger partial charge in [0.25, 0.3) is 0 Å². The van der Waals surface area contributed by atoms with Gasteiger partial charge in [-0.05, 0) is 80.3 Å². The number of piperidine rings is 1. The molecule has 1 aliphatic heterocycles. The van der Waals surface area contributed by atoms with Crippen molar-refractivity contribution in [2.24, 2.45) is 0 Å². The van der Waals surface area contributed by atoms with Crippen LogP contribution < -0.4 is 10.6 Å². The Hall–Kier alpha value is -2.61. The number of carbonyl (C=O) groups is 2. The molecule has 1 aliphatic rings. The van der Waals surface area contributed by atoms with E-state index >= 15 is 0 Å². The molecular formula is C27H33Cl2FN4O2. The maximum absolute atomic E-state index is 13.0. The number of anilines is 1. The Kier molecular flexibility index (Phi) is 11.0. The number of carbonyl (C=O) groups excluding carboxylic acids is 2. The number of benzene rings is 2. The van der Waals surface area contributed by atoms with E-state index in [9.17, 15) is 14.0 Å². The molecule has 0 spiro atoms. The number of likely N-dealkylation sites (tertiary alicyclic amines) is 1. The monoisotopic (exact) mass is 534 g/mol. The van der Waals surface area contributed by atoms with Gasteiger partial charge in [0.05, 0.1) is 10.0 Å². The Morgan fingerprint density at radius 2 is 1.78 bits per heavy atom. The molecule has 9 heteroatoms. The molecule has 3 amide bonds. The Morgan fingerprint density at radius 3 is 2.47 bits per heavy atom. The summed E-state index contributed by atoms with van der Waals surface area (Å²) in [6, 6.07) is 11.0. The summed E-state index contributed by atoms with van der Waals surface area (Å²) in [5.74, 6) is -0.456. The van der Waals surface area contributed by atoms with Gasteiger partial charge in [-0.3, -0.25) is 4.79 Å². The van der Waals surface area contributed by atoms with E-state index in [2.05, 4.69) is 15.5 Å². The first-order valence-corrected chi connectivity index (χ1v) is 13.0. The topological polar surface area (TPSA) is 64.7 Å². The van der Waals surface area contributed by atoms with Gasteiger partial charge in [0.2, 0.25) is 5.91 Å². The van der Waals surface area contributed by atoms with Crippen LogP contribution in [0.15, 0.2) is 48.5 Å². The summed E-state index contributed by atoms with van der Waals surface area (Å²) in [4.78, 5) is 28.7. The third-order valence-electron chi connectivity index (χ3n) is 6.34. The van der Waals surface area contributed by atoms with E-state index in [0.29, 0.717) is 22.3 Å². The predicted molar refractivity (Wildman–Crippen MR) is 145 cm³/mol. The van der Waals surface area contributed by atoms with Crippen molar-refractivity contribution in [3.05, 3.63) is 70.0 Å². The number of rotatable bonds is 10. The molecule has 2 aromatic carbocycles. The second-order valence-corrected chi connectivity index (χ2v) is 9.79. The van der Waals surface area contributed by atoms with Crippen molar-refractivity contribution in [2.45, 2.75) is 38.1 Å². The van der Waals surface area contributed by atoms with Crippen LogP contribution >= 0.6 is 23.2 Å². The molecule has 0 atom stereocenters. The molecule has 3 rings (SSSR count). The summed E-state index contributed by atoms with van der Waals surface area (Å²) < 4.78 is 13.0. The fourth-order valence-corrected chi connectivity index (χ4v) is 4.44. The summed E-state index contributed by atoms with van der Waals surface area (Å²) in [7, 11) is 1.81. The van der Waals surface area contributed by atoms with Crippen LogP contribution in [-0.4, -0.2) is 61.0 Å². The van der Waals surface area contributed by atoms with Crippen LogP contribution in [0.25, 0.3) is 6.08 Å². The van der Waals surface area contributed by atoms with Crippen molar-refractivity contribution in [1.82, 2.24) is 15.1 Å². The lowest BCUT2D eigenvalue weighted by molar-refractivity contribution is -0.116. The normalized spacial score (nSPS) is 14.7. The molecule has 36 heavy (non-hydrogen) atoms. The summed E-state index contributed by atoms with van der Waals surface area (Å²) in [5.41, 5.74) is 1.41. The molecule has 0 unspecified atom stereocenters. The van der Waals surface area contributed by atoms with Gasteiger partial charge in [0, 0.05) is 44.5 Å². The standard InChI is InChI=1S/C27H33Cl2FN4O2/c1-33(27(36)32-22-9-7-21(30)8-10-22)23-13-17-34(18-14-23)16-4-2-3-15-31-26(35)12-6-20-5-11-24(28)25(29)19-20/h5-12,19,23H,2-4,13-18H2,1H3,(H,31,35)(H,32,36)/b12-6+. The molecule has 0 radical (unpaired) electrons. The summed E-state index contributed by atoms with van der Waals surface area (Å²) >= 11 is 11.9. The number of hydrogen-bond donors (Lipinski definition) is 2. The molecule has 0 aliphatic carbocycles. The lowest BCUT2D eigenvalue weighted by Crippen LogP contribution is -2.47. The molecule has 0 saturated carbocycles. The zero-order valence-electron chi connectivity index (χ0n) is 20.5. The molecule has 2 N–H and O–H groups in total. The van der Waals surface area contributed by atoms with Gasteiger partial charge >= 0.3 is 6.03 Å². The molecule has 194 valence electrons. The molecule has 1 saturated heterocycles. The first-order chi connectivity index (χ1) is 17.3. The number of urea groups is 1. The molecule has 0 aromatic heterocycles. The molecular weight excluding hydrogens is 502 g/mol. The van der Waals surface area contributed by atoms with Crippen molar-refractivity contribution in [2.75, 3.05) is 38.5 Å². The average molecular weight is 535 g/mol. The van der Waals surface area contributed by atoms with Crippen LogP contribution in [0.1, 0.15) is 37.7 Å². The average Bonchev–Trinajstić information content (AvgIpc) is 2.88. The Labute approximate surface area is 222 Å². The molecule has 2 aromatic rings. The fourth-order valence-electron chi connectivity index (χ4n) is 4.14. The van der Waals surface area contributed by atoms with Crippen molar-refractivity contribution >= 4 is 46.9 Å². The molecule has 1 fully saturated rings. The number of nitrogens with one attached hydrogen (secondary N) is 2. The number of amides is 3. The number of unbranched alkanes of at least 4 members (excludes halogenated alkanes) is 2. The van der Waals surface area contributed by atoms with E-state index in [4.69, 9.17) is 23.2 Å². The highest BCUT2D eigenvalue weighted by atomic mass is 35.5. The zero-order chi connectivity index (χ0) is 25.9. The van der Waals surface area contributed by atoms with Crippen molar-refractivity contribution in [3.8, 4) is 0 Å². The minimum atomic E-state index is -0.327. The van der Waals surface area contributed by atoms with E-state index in [-0.39, 0.29) is 23.8 Å². The summed E-state index contributed by atoms with van der Waals surface area (Å²) in [5, 5.41) is 6.68. The lowest BCUT2D eigenvalue weighted by Gasteiger charge is -2.36. The van der Waals surface area contributed by atoms with Crippen LogP contribution in [0.3, 0.4) is 0 Å². The number of nitrogens with zero attached hydrogens (tertiary/aromatic N) is 2. The highest BCUT2D eigenvalue weighted by Crippen LogP contribution is 2.23. The van der Waals surface area contributed by atoms with Crippen molar-refractivity contribution in [1.29, 1.82) is 0 Å². The minimum absolute atomic E-state index is 0.129. The van der Waals surface area contributed by atoms with Gasteiger partial charge in [0.15, 0.2) is 0 Å². The SMILES string of the molecule is CN(C(=O)Nc1ccc(F)cc1)C1CCN(CCCCCNC(=O)/C=C/c2ccc(Cl)c(Cl)c2)CC1. The largest absolute Gasteiger partial charge is 0.353 e. The van der Waals surface area contributed by atoms with Crippen molar-refractivity contribution in [3.63, 3.8) is 0 Å². The minimum Gasteiger partial charge on any atom is -0.353 e. The highest BCUT2D eigenvalue weighted by Gasteiger charge is 2.25. The fraction of sp³-hybridized carbons (Fsp3) is 0.407. The zero-order valence-corrected chi connectivity index (χ0v) is 22.0. The first kappa shape index (κ1) is 28.0. The maximum atomic E-state index is 13.0. The molecule has 0 bridgehead atoms. The van der Waals surface area contributed by atoms with Gasteiger partial charge in [-0.15, -0.1) is 0 Å². The number of hydrogen-bond acceptors (Lipinski definition) is 3. The number of halogens is 3. The van der Waals surface area contributed by atoms with Gasteiger partial charge in [-0.2, -0.15) is 0 Å². The summed E-state index contributed by atoms with van der Waals surface area (Å²) in [6.45, 7) is 3.56. The Balaban J connectivity index is 1.25. The third-order valence-corrected chi connectivity index (χ3v) is 7.08. The van der Waals surface area contributed by atoms with Gasteiger partial charge < -0.3 is 20.4 Å². The van der Waals surface area contributed by atoms with E-state index in [1.165, 1.54) is 18.2 Å². The van der Waals surface area contributed by atoms with Crippen LogP contribution in [0, 0.1) is 5.82 Å². The van der Waals surface area contributed by atoms with Crippen LogP contribution in [0.4, 0.5) is 14.9 Å². The van der Waals surface area contributed by atoms with E-state index < -0.39 is 0 Å². The Bertz CT molecular complexity index is 1040. The Morgan fingerprint density at radius 1 is 1.06 bits per heavy atom. The van der Waals surface area contributed by atoms with Crippen molar-refractivity contribution < 1.29 is 14.0 Å². The van der Waals surface area contributed by atoms with Gasteiger partial charge in [-0.25, -0.2) is 9.18 Å². The van der Waals surface area contributed by atoms with Gasteiger partial charge in [-0.1, -0.05) is 35.7 Å². The van der Waals surface area contributed by atoms with Crippen LogP contribution in [0.2, 0.25) is 10.0 Å². The highest BCUT2D eigenvalue weighted by molar-refractivity contribution is 6.42. The molecule has 1 heterocycles.